The molecule has 1 aromatic rings. The molecule has 0 unspecified atom stereocenters. The van der Waals surface area contributed by atoms with E-state index in [2.05, 4.69) is 6.92 Å². The molecule has 0 fully saturated rings. The van der Waals surface area contributed by atoms with E-state index in [-0.39, 0.29) is 5.82 Å². The van der Waals surface area contributed by atoms with Crippen LogP contribution >= 0.6 is 23.2 Å². The molecule has 0 N–H and O–H groups in total. The summed E-state index contributed by atoms with van der Waals surface area (Å²) in [4.78, 5) is 0. The normalized spacial score (nSPS) is 10.6. The van der Waals surface area contributed by atoms with E-state index in [1.54, 1.807) is 0 Å². The highest BCUT2D eigenvalue weighted by atomic mass is 35.5. The molecule has 0 bridgehead atoms. The third kappa shape index (κ3) is 2.86. The number of benzene rings is 1. The van der Waals surface area contributed by atoms with Crippen molar-refractivity contribution in [1.82, 2.24) is 0 Å². The first-order valence-corrected chi connectivity index (χ1v) is 5.54. The lowest BCUT2D eigenvalue weighted by atomic mass is 10.1. The maximum atomic E-state index is 13.3. The van der Waals surface area contributed by atoms with Crippen molar-refractivity contribution < 1.29 is 4.39 Å². The Labute approximate surface area is 94.0 Å². The Balaban J connectivity index is 2.79. The van der Waals surface area contributed by atoms with Crippen molar-refractivity contribution in [3.05, 3.63) is 33.6 Å². The van der Waals surface area contributed by atoms with E-state index in [0.29, 0.717) is 22.0 Å². The topological polar surface area (TPSA) is 0 Å². The molecule has 0 aliphatic heterocycles. The molecule has 0 radical (unpaired) electrons. The maximum absolute atomic E-state index is 13.3. The molecular formula is C11H13Cl2F. The minimum absolute atomic E-state index is 0.254. The molecule has 0 aliphatic rings. The van der Waals surface area contributed by atoms with Crippen LogP contribution in [0.2, 0.25) is 10.0 Å². The molecule has 0 atom stereocenters. The van der Waals surface area contributed by atoms with Gasteiger partial charge in [0.05, 0.1) is 10.0 Å². The minimum atomic E-state index is -0.254. The van der Waals surface area contributed by atoms with Gasteiger partial charge in [-0.2, -0.15) is 0 Å². The SMILES string of the molecule is CCCCCc1c(F)ccc(Cl)c1Cl. The van der Waals surface area contributed by atoms with Gasteiger partial charge in [-0.05, 0) is 25.0 Å². The van der Waals surface area contributed by atoms with Crippen LogP contribution in [0, 0.1) is 5.82 Å². The quantitative estimate of drug-likeness (QED) is 0.516. The van der Waals surface area contributed by atoms with Crippen LogP contribution in [0.1, 0.15) is 31.7 Å². The van der Waals surface area contributed by atoms with Crippen molar-refractivity contribution in [3.63, 3.8) is 0 Å². The van der Waals surface area contributed by atoms with E-state index in [9.17, 15) is 4.39 Å². The Hall–Kier alpha value is -0.270. The lowest BCUT2D eigenvalue weighted by molar-refractivity contribution is 0.599. The van der Waals surface area contributed by atoms with Crippen molar-refractivity contribution in [2.75, 3.05) is 0 Å². The lowest BCUT2D eigenvalue weighted by Gasteiger charge is -2.06. The van der Waals surface area contributed by atoms with Crippen LogP contribution in [0.25, 0.3) is 0 Å². The third-order valence-electron chi connectivity index (χ3n) is 2.17. The summed E-state index contributed by atoms with van der Waals surface area (Å²) in [6, 6.07) is 2.86. The van der Waals surface area contributed by atoms with Crippen molar-refractivity contribution in [2.45, 2.75) is 32.6 Å². The second-order valence-electron chi connectivity index (χ2n) is 3.28. The fourth-order valence-corrected chi connectivity index (χ4v) is 1.77. The molecule has 0 saturated heterocycles. The van der Waals surface area contributed by atoms with Crippen LogP contribution in [0.15, 0.2) is 12.1 Å². The Morgan fingerprint density at radius 1 is 1.21 bits per heavy atom. The van der Waals surface area contributed by atoms with E-state index in [0.717, 1.165) is 19.3 Å². The summed E-state index contributed by atoms with van der Waals surface area (Å²) < 4.78 is 13.3. The molecule has 0 amide bonds. The van der Waals surface area contributed by atoms with E-state index < -0.39 is 0 Å². The number of rotatable bonds is 4. The van der Waals surface area contributed by atoms with Gasteiger partial charge in [-0.15, -0.1) is 0 Å². The van der Waals surface area contributed by atoms with Crippen LogP contribution in [-0.2, 0) is 6.42 Å². The van der Waals surface area contributed by atoms with Gasteiger partial charge in [0.1, 0.15) is 5.82 Å². The average molecular weight is 235 g/mol. The number of unbranched alkanes of at least 4 members (excludes halogenated alkanes) is 2. The molecule has 0 aliphatic carbocycles. The van der Waals surface area contributed by atoms with Gasteiger partial charge in [-0.25, -0.2) is 4.39 Å². The van der Waals surface area contributed by atoms with Gasteiger partial charge >= 0.3 is 0 Å². The second kappa shape index (κ2) is 5.57. The second-order valence-corrected chi connectivity index (χ2v) is 4.06. The molecule has 3 heteroatoms. The molecule has 0 saturated carbocycles. The summed E-state index contributed by atoms with van der Waals surface area (Å²) in [6.07, 6.45) is 3.81. The zero-order chi connectivity index (χ0) is 10.6. The lowest BCUT2D eigenvalue weighted by Crippen LogP contribution is -1.93. The predicted octanol–water partition coefficient (Wildman–Crippen LogP) is 4.87. The summed E-state index contributed by atoms with van der Waals surface area (Å²) in [5.41, 5.74) is 0.549. The van der Waals surface area contributed by atoms with Crippen molar-refractivity contribution >= 4 is 23.2 Å². The Morgan fingerprint density at radius 2 is 1.93 bits per heavy atom. The monoisotopic (exact) mass is 234 g/mol. The van der Waals surface area contributed by atoms with Gasteiger partial charge < -0.3 is 0 Å². The van der Waals surface area contributed by atoms with Gasteiger partial charge in [0.2, 0.25) is 0 Å². The van der Waals surface area contributed by atoms with Crippen LogP contribution < -0.4 is 0 Å². The molecule has 0 spiro atoms. The maximum Gasteiger partial charge on any atom is 0.127 e. The smallest absolute Gasteiger partial charge is 0.127 e. The molecule has 78 valence electrons. The molecule has 0 nitrogen and oxygen atoms in total. The largest absolute Gasteiger partial charge is 0.207 e. The zero-order valence-electron chi connectivity index (χ0n) is 8.12. The van der Waals surface area contributed by atoms with E-state index >= 15 is 0 Å². The van der Waals surface area contributed by atoms with Crippen LogP contribution in [-0.4, -0.2) is 0 Å². The summed E-state index contributed by atoms with van der Waals surface area (Å²) in [5, 5.41) is 0.794. The Kier molecular flexibility index (Phi) is 4.70. The molecule has 0 aromatic heterocycles. The predicted molar refractivity (Wildman–Crippen MR) is 59.6 cm³/mol. The zero-order valence-corrected chi connectivity index (χ0v) is 9.63. The highest BCUT2D eigenvalue weighted by molar-refractivity contribution is 6.42. The highest BCUT2D eigenvalue weighted by Crippen LogP contribution is 2.29. The van der Waals surface area contributed by atoms with E-state index in [1.165, 1.54) is 12.1 Å². The number of halogens is 3. The Morgan fingerprint density at radius 3 is 2.57 bits per heavy atom. The molecule has 1 aromatic carbocycles. The summed E-state index contributed by atoms with van der Waals surface area (Å²) in [6.45, 7) is 2.11. The molecule has 1 rings (SSSR count). The average Bonchev–Trinajstić information content (AvgIpc) is 2.18. The first kappa shape index (κ1) is 11.8. The van der Waals surface area contributed by atoms with Crippen LogP contribution in [0.3, 0.4) is 0 Å². The molecule has 0 heterocycles. The first-order valence-electron chi connectivity index (χ1n) is 4.79. The van der Waals surface area contributed by atoms with Crippen molar-refractivity contribution in [1.29, 1.82) is 0 Å². The summed E-state index contributed by atoms with van der Waals surface area (Å²) in [5.74, 6) is -0.254. The van der Waals surface area contributed by atoms with E-state index in [4.69, 9.17) is 23.2 Å². The fourth-order valence-electron chi connectivity index (χ4n) is 1.35. The van der Waals surface area contributed by atoms with Crippen LogP contribution in [0.5, 0.6) is 0 Å². The van der Waals surface area contributed by atoms with Crippen LogP contribution in [0.4, 0.5) is 4.39 Å². The van der Waals surface area contributed by atoms with Gasteiger partial charge in [-0.3, -0.25) is 0 Å². The Bertz CT molecular complexity index is 310. The van der Waals surface area contributed by atoms with Gasteiger partial charge in [-0.1, -0.05) is 43.0 Å². The van der Waals surface area contributed by atoms with Gasteiger partial charge in [0.25, 0.3) is 0 Å². The molecular weight excluding hydrogens is 222 g/mol. The number of hydrogen-bond acceptors (Lipinski definition) is 0. The summed E-state index contributed by atoms with van der Waals surface area (Å²) in [7, 11) is 0. The third-order valence-corrected chi connectivity index (χ3v) is 3.01. The summed E-state index contributed by atoms with van der Waals surface area (Å²) >= 11 is 11.7. The fraction of sp³-hybridized carbons (Fsp3) is 0.455. The van der Waals surface area contributed by atoms with Crippen molar-refractivity contribution in [3.8, 4) is 0 Å². The van der Waals surface area contributed by atoms with Gasteiger partial charge in [0, 0.05) is 5.56 Å². The molecule has 14 heavy (non-hydrogen) atoms. The number of hydrogen-bond donors (Lipinski definition) is 0. The standard InChI is InChI=1S/C11H13Cl2F/c1-2-3-4-5-8-10(14)7-6-9(12)11(8)13/h6-7H,2-5H2,1H3. The van der Waals surface area contributed by atoms with Gasteiger partial charge in [0.15, 0.2) is 0 Å². The highest BCUT2D eigenvalue weighted by Gasteiger charge is 2.09. The van der Waals surface area contributed by atoms with Crippen molar-refractivity contribution in [2.24, 2.45) is 0 Å². The van der Waals surface area contributed by atoms with E-state index in [1.807, 2.05) is 0 Å². The minimum Gasteiger partial charge on any atom is -0.207 e. The first-order chi connectivity index (χ1) is 6.66.